The number of carbonyl (C=O) groups excluding carboxylic acids is 3. The van der Waals surface area contributed by atoms with Crippen LogP contribution >= 0.6 is 0 Å². The lowest BCUT2D eigenvalue weighted by Gasteiger charge is -2.31. The first kappa shape index (κ1) is 25.5. The molecule has 174 valence electrons. The topological polar surface area (TPSA) is 102 Å². The zero-order valence-electron chi connectivity index (χ0n) is 19.7. The summed E-state index contributed by atoms with van der Waals surface area (Å²) in [6, 6.07) is 7.77. The van der Waals surface area contributed by atoms with Gasteiger partial charge in [-0.1, -0.05) is 64.2 Å². The van der Waals surface area contributed by atoms with E-state index in [9.17, 15) is 14.4 Å². The molecule has 0 unspecified atom stereocenters. The van der Waals surface area contributed by atoms with Crippen molar-refractivity contribution in [2.24, 2.45) is 5.73 Å². The minimum Gasteiger partial charge on any atom is -0.445 e. The number of ether oxygens (including phenoxy) is 1. The molecule has 8 heteroatoms. The van der Waals surface area contributed by atoms with Gasteiger partial charge in [-0.25, -0.2) is 4.79 Å². The molecule has 2 rings (SSSR count). The molecule has 3 amide bonds. The minimum absolute atomic E-state index is 0.0932. The van der Waals surface area contributed by atoms with E-state index in [0.717, 1.165) is 5.56 Å². The average molecular weight is 458 g/mol. The van der Waals surface area contributed by atoms with Crippen molar-refractivity contribution >= 4 is 26.0 Å². The third-order valence-electron chi connectivity index (χ3n) is 6.24. The predicted molar refractivity (Wildman–Crippen MR) is 127 cm³/mol. The predicted octanol–water partition coefficient (Wildman–Crippen LogP) is 3.20. The van der Waals surface area contributed by atoms with Gasteiger partial charge in [0.1, 0.15) is 26.8 Å². The molecule has 1 aromatic rings. The van der Waals surface area contributed by atoms with Crippen LogP contribution in [0.25, 0.3) is 0 Å². The van der Waals surface area contributed by atoms with Crippen molar-refractivity contribution in [3.63, 3.8) is 0 Å². The van der Waals surface area contributed by atoms with Crippen LogP contribution in [0.2, 0.25) is 18.1 Å². The van der Waals surface area contributed by atoms with Crippen LogP contribution in [0.3, 0.4) is 0 Å². The van der Waals surface area contributed by atoms with Crippen molar-refractivity contribution < 1.29 is 19.1 Å². The highest BCUT2D eigenvalue weighted by molar-refractivity contribution is 6.87. The number of carbonyl (C=O) groups is 3. The van der Waals surface area contributed by atoms with Crippen molar-refractivity contribution in [2.75, 3.05) is 6.54 Å². The van der Waals surface area contributed by atoms with E-state index in [1.807, 2.05) is 30.3 Å². The van der Waals surface area contributed by atoms with Crippen molar-refractivity contribution in [1.29, 1.82) is 0 Å². The fraction of sp³-hybridized carbons (Fsp3) is 0.542. The minimum atomic E-state index is -1.83. The molecule has 3 N–H and O–H groups in total. The van der Waals surface area contributed by atoms with Gasteiger partial charge < -0.3 is 15.8 Å². The molecule has 1 saturated heterocycles. The van der Waals surface area contributed by atoms with Crippen LogP contribution in [-0.4, -0.2) is 49.5 Å². The average Bonchev–Trinajstić information content (AvgIpc) is 3.21. The number of rotatable bonds is 6. The molecular weight excluding hydrogens is 422 g/mol. The molecule has 2 atom stereocenters. The fourth-order valence-electron chi connectivity index (χ4n) is 3.11. The fourth-order valence-corrected chi connectivity index (χ4v) is 4.03. The second-order valence-corrected chi connectivity index (χ2v) is 14.7. The van der Waals surface area contributed by atoms with Crippen LogP contribution in [0.15, 0.2) is 30.3 Å². The first-order valence-electron chi connectivity index (χ1n) is 11.0. The Bertz CT molecular complexity index is 884. The van der Waals surface area contributed by atoms with E-state index in [4.69, 9.17) is 10.5 Å². The normalized spacial score (nSPS) is 17.2. The van der Waals surface area contributed by atoms with Gasteiger partial charge >= 0.3 is 6.09 Å². The van der Waals surface area contributed by atoms with E-state index < -0.39 is 38.1 Å². The molecule has 0 spiro atoms. The van der Waals surface area contributed by atoms with Gasteiger partial charge in [0.15, 0.2) is 0 Å². The number of nitrogens with two attached hydrogens (primary N) is 1. The monoisotopic (exact) mass is 457 g/mol. The molecule has 32 heavy (non-hydrogen) atoms. The highest BCUT2D eigenvalue weighted by Crippen LogP contribution is 2.35. The van der Waals surface area contributed by atoms with Gasteiger partial charge in [-0.05, 0) is 23.4 Å². The second kappa shape index (κ2) is 10.7. The highest BCUT2D eigenvalue weighted by Gasteiger charge is 2.37. The highest BCUT2D eigenvalue weighted by atomic mass is 28.3. The number of hydrogen-bond acceptors (Lipinski definition) is 4. The van der Waals surface area contributed by atoms with Crippen molar-refractivity contribution in [3.05, 3.63) is 35.9 Å². The first-order chi connectivity index (χ1) is 14.9. The summed E-state index contributed by atoms with van der Waals surface area (Å²) in [5.41, 5.74) is 9.71. The van der Waals surface area contributed by atoms with Crippen LogP contribution in [-0.2, 0) is 20.9 Å². The van der Waals surface area contributed by atoms with Crippen LogP contribution < -0.4 is 11.1 Å². The maximum atomic E-state index is 12.9. The summed E-state index contributed by atoms with van der Waals surface area (Å²) in [6.45, 7) is 11.4. The summed E-state index contributed by atoms with van der Waals surface area (Å²) in [6.07, 6.45) is 0.803. The van der Waals surface area contributed by atoms with Gasteiger partial charge in [0.25, 0.3) is 0 Å². The van der Waals surface area contributed by atoms with Gasteiger partial charge in [0.05, 0.1) is 0 Å². The zero-order valence-corrected chi connectivity index (χ0v) is 20.7. The SMILES string of the molecule is CC(C)(C)[Si](C)(C)C#CC[C@@H](NC(=O)[C@H]1CCCN1C(=O)OCc1ccccc1)C(N)=O. The third-order valence-corrected chi connectivity index (χ3v) is 10.8. The Hall–Kier alpha value is -2.79. The van der Waals surface area contributed by atoms with E-state index in [1.54, 1.807) is 0 Å². The Kier molecular flexibility index (Phi) is 8.50. The largest absolute Gasteiger partial charge is 0.445 e. The molecule has 1 heterocycles. The van der Waals surface area contributed by atoms with Crippen LogP contribution in [0.1, 0.15) is 45.6 Å². The standard InChI is InChI=1S/C24H35N3O4Si/c1-24(2,3)32(4,5)16-10-13-19(21(25)28)26-22(29)20-14-9-15-27(20)23(30)31-17-18-11-7-6-8-12-18/h6-8,11-12,19-20H,9,13-15,17H2,1-5H3,(H2,25,28)(H,26,29)/t19-,20-/m1/s1. The van der Waals surface area contributed by atoms with E-state index in [0.29, 0.717) is 19.4 Å². The number of amides is 3. The summed E-state index contributed by atoms with van der Waals surface area (Å²) in [5, 5.41) is 2.79. The first-order valence-corrected chi connectivity index (χ1v) is 14.0. The quantitative estimate of drug-likeness (QED) is 0.506. The van der Waals surface area contributed by atoms with Gasteiger partial charge in [0.2, 0.25) is 11.8 Å². The van der Waals surface area contributed by atoms with Crippen molar-refractivity contribution in [2.45, 2.75) is 76.9 Å². The summed E-state index contributed by atoms with van der Waals surface area (Å²) >= 11 is 0. The molecule has 0 aromatic heterocycles. The number of benzene rings is 1. The Morgan fingerprint density at radius 3 is 2.50 bits per heavy atom. The molecular formula is C24H35N3O4Si. The Labute approximate surface area is 192 Å². The van der Waals surface area contributed by atoms with Crippen LogP contribution in [0, 0.1) is 11.5 Å². The molecule has 1 aromatic carbocycles. The Balaban J connectivity index is 1.98. The summed E-state index contributed by atoms with van der Waals surface area (Å²) in [4.78, 5) is 38.7. The number of likely N-dealkylation sites (tertiary alicyclic amines) is 1. The lowest BCUT2D eigenvalue weighted by atomic mass is 10.1. The van der Waals surface area contributed by atoms with Crippen LogP contribution in [0.5, 0.6) is 0 Å². The zero-order chi connectivity index (χ0) is 23.9. The van der Waals surface area contributed by atoms with Gasteiger partial charge in [-0.3, -0.25) is 14.5 Å². The molecule has 1 fully saturated rings. The van der Waals surface area contributed by atoms with Gasteiger partial charge in [-0.15, -0.1) is 11.5 Å². The summed E-state index contributed by atoms with van der Waals surface area (Å²) < 4.78 is 5.38. The molecule has 0 radical (unpaired) electrons. The molecule has 0 bridgehead atoms. The van der Waals surface area contributed by atoms with Crippen LogP contribution in [0.4, 0.5) is 4.79 Å². The van der Waals surface area contributed by atoms with Gasteiger partial charge in [0, 0.05) is 13.0 Å². The van der Waals surface area contributed by atoms with Crippen molar-refractivity contribution in [3.8, 4) is 11.5 Å². The molecule has 0 saturated carbocycles. The maximum Gasteiger partial charge on any atom is 0.410 e. The van der Waals surface area contributed by atoms with E-state index in [-0.39, 0.29) is 18.1 Å². The Morgan fingerprint density at radius 2 is 1.91 bits per heavy atom. The number of nitrogens with one attached hydrogen (secondary N) is 1. The summed E-state index contributed by atoms with van der Waals surface area (Å²) in [5.74, 6) is 2.03. The summed E-state index contributed by atoms with van der Waals surface area (Å²) in [7, 11) is -1.83. The number of primary amides is 1. The van der Waals surface area contributed by atoms with E-state index in [1.165, 1.54) is 4.90 Å². The van der Waals surface area contributed by atoms with E-state index >= 15 is 0 Å². The third kappa shape index (κ3) is 6.86. The molecule has 0 aliphatic carbocycles. The Morgan fingerprint density at radius 1 is 1.25 bits per heavy atom. The van der Waals surface area contributed by atoms with Gasteiger partial charge in [-0.2, -0.15) is 0 Å². The van der Waals surface area contributed by atoms with Crippen molar-refractivity contribution in [1.82, 2.24) is 10.2 Å². The van der Waals surface area contributed by atoms with E-state index in [2.05, 4.69) is 50.6 Å². The lowest BCUT2D eigenvalue weighted by Crippen LogP contribution is -2.52. The molecule has 1 aliphatic heterocycles. The molecule has 7 nitrogen and oxygen atoms in total. The number of nitrogens with zero attached hydrogens (tertiary/aromatic N) is 1. The smallest absolute Gasteiger partial charge is 0.410 e. The maximum absolute atomic E-state index is 12.9. The number of hydrogen-bond donors (Lipinski definition) is 2. The second-order valence-electron chi connectivity index (χ2n) is 9.74. The molecule has 1 aliphatic rings. The lowest BCUT2D eigenvalue weighted by molar-refractivity contribution is -0.129.